The Morgan fingerprint density at radius 2 is 1.87 bits per heavy atom. The van der Waals surface area contributed by atoms with Gasteiger partial charge in [-0.05, 0) is 87.0 Å². The molecule has 8 heteroatoms. The average molecular weight is 533 g/mol. The van der Waals surface area contributed by atoms with Crippen molar-refractivity contribution >= 4 is 33.8 Å². The van der Waals surface area contributed by atoms with E-state index in [0.717, 1.165) is 43.4 Å². The Labute approximate surface area is 228 Å². The molecule has 3 fully saturated rings. The highest BCUT2D eigenvalue weighted by Crippen LogP contribution is 2.48. The van der Waals surface area contributed by atoms with Gasteiger partial charge in [0.25, 0.3) is 0 Å². The molecule has 0 aromatic carbocycles. The zero-order valence-electron chi connectivity index (χ0n) is 23.3. The first-order valence-corrected chi connectivity index (χ1v) is 14.9. The SMILES string of the molecule is Cc1c(-c2[nH]c3sc([C@H]4CC[C@H](N5CC6(CCNC6=O)C5)CC4)c(C)c3c2C(C)C)c[nH]/c(=N\C=N)c1C. The molecule has 7 nitrogen and oxygen atoms in total. The Balaban J connectivity index is 1.25. The highest BCUT2D eigenvalue weighted by atomic mass is 32.1. The molecule has 0 unspecified atom stereocenters. The topological polar surface area (TPSA) is 100 Å². The molecule has 4 N–H and O–H groups in total. The summed E-state index contributed by atoms with van der Waals surface area (Å²) in [5.74, 6) is 1.31. The van der Waals surface area contributed by atoms with Gasteiger partial charge in [0.2, 0.25) is 5.91 Å². The van der Waals surface area contributed by atoms with E-state index >= 15 is 0 Å². The summed E-state index contributed by atoms with van der Waals surface area (Å²) in [6.45, 7) is 13.9. The lowest BCUT2D eigenvalue weighted by atomic mass is 9.74. The second-order valence-corrected chi connectivity index (χ2v) is 13.2. The first kappa shape index (κ1) is 25.6. The lowest BCUT2D eigenvalue weighted by molar-refractivity contribution is -0.139. The largest absolute Gasteiger partial charge is 0.355 e. The number of nitrogens with one attached hydrogen (secondary N) is 4. The van der Waals surface area contributed by atoms with Gasteiger partial charge >= 0.3 is 0 Å². The molecule has 0 bridgehead atoms. The number of fused-ring (bicyclic) bond motifs is 1. The van der Waals surface area contributed by atoms with Gasteiger partial charge in [-0.3, -0.25) is 15.1 Å². The van der Waals surface area contributed by atoms with Gasteiger partial charge in [0.05, 0.1) is 11.1 Å². The van der Waals surface area contributed by atoms with Crippen molar-refractivity contribution in [3.05, 3.63) is 38.8 Å². The molecule has 6 rings (SSSR count). The lowest BCUT2D eigenvalue weighted by Gasteiger charge is -2.51. The lowest BCUT2D eigenvalue weighted by Crippen LogP contribution is -2.62. The van der Waals surface area contributed by atoms with Crippen molar-refractivity contribution in [3.8, 4) is 11.3 Å². The summed E-state index contributed by atoms with van der Waals surface area (Å²) in [5.41, 5.74) is 8.20. The molecule has 38 heavy (non-hydrogen) atoms. The number of hydrogen-bond acceptors (Lipinski definition) is 4. The molecule has 3 aliphatic rings. The van der Waals surface area contributed by atoms with Crippen LogP contribution in [0.2, 0.25) is 0 Å². The van der Waals surface area contributed by atoms with E-state index in [1.165, 1.54) is 63.8 Å². The van der Waals surface area contributed by atoms with Crippen molar-refractivity contribution in [1.82, 2.24) is 20.2 Å². The fourth-order valence-electron chi connectivity index (χ4n) is 7.33. The predicted octanol–water partition coefficient (Wildman–Crippen LogP) is 5.63. The number of aromatic amines is 2. The van der Waals surface area contributed by atoms with Gasteiger partial charge in [-0.15, -0.1) is 11.3 Å². The van der Waals surface area contributed by atoms with Gasteiger partial charge in [-0.2, -0.15) is 0 Å². The zero-order chi connectivity index (χ0) is 26.8. The fourth-order valence-corrected chi connectivity index (χ4v) is 8.73. The second-order valence-electron chi connectivity index (χ2n) is 12.1. The highest BCUT2D eigenvalue weighted by Gasteiger charge is 2.53. The van der Waals surface area contributed by atoms with E-state index in [4.69, 9.17) is 5.41 Å². The Hall–Kier alpha value is -2.71. The van der Waals surface area contributed by atoms with Crippen LogP contribution in [0.3, 0.4) is 0 Å². The molecule has 1 aliphatic carbocycles. The third kappa shape index (κ3) is 3.90. The maximum Gasteiger partial charge on any atom is 0.228 e. The maximum absolute atomic E-state index is 12.3. The van der Waals surface area contributed by atoms with Crippen molar-refractivity contribution in [2.24, 2.45) is 10.4 Å². The van der Waals surface area contributed by atoms with Crippen molar-refractivity contribution < 1.29 is 4.79 Å². The van der Waals surface area contributed by atoms with Crippen LogP contribution in [0.15, 0.2) is 11.2 Å². The Bertz CT molecular complexity index is 1480. The van der Waals surface area contributed by atoms with Gasteiger partial charge < -0.3 is 15.3 Å². The first-order chi connectivity index (χ1) is 18.2. The molecule has 0 atom stereocenters. The quantitative estimate of drug-likeness (QED) is 0.253. The summed E-state index contributed by atoms with van der Waals surface area (Å²) in [4.78, 5) is 29.0. The van der Waals surface area contributed by atoms with Crippen molar-refractivity contribution in [2.45, 2.75) is 84.6 Å². The Morgan fingerprint density at radius 3 is 2.50 bits per heavy atom. The van der Waals surface area contributed by atoms with E-state index < -0.39 is 0 Å². The minimum absolute atomic E-state index is 0.0746. The number of rotatable bonds is 5. The van der Waals surface area contributed by atoms with Crippen LogP contribution < -0.4 is 10.8 Å². The number of thiophene rings is 1. The first-order valence-electron chi connectivity index (χ1n) is 14.1. The van der Waals surface area contributed by atoms with Crippen LogP contribution in [0.1, 0.15) is 84.9 Å². The zero-order valence-corrected chi connectivity index (χ0v) is 24.1. The van der Waals surface area contributed by atoms with E-state index in [1.807, 2.05) is 17.5 Å². The third-order valence-corrected chi connectivity index (χ3v) is 11.0. The molecule has 5 heterocycles. The monoisotopic (exact) mass is 532 g/mol. The Morgan fingerprint density at radius 1 is 1.13 bits per heavy atom. The summed E-state index contributed by atoms with van der Waals surface area (Å²) in [6.07, 6.45) is 9.08. The second kappa shape index (κ2) is 9.49. The Kier molecular flexibility index (Phi) is 6.38. The van der Waals surface area contributed by atoms with Crippen LogP contribution in [-0.4, -0.2) is 52.8 Å². The van der Waals surface area contributed by atoms with Crippen molar-refractivity contribution in [3.63, 3.8) is 0 Å². The fraction of sp³-hybridized carbons (Fsp3) is 0.567. The number of aryl methyl sites for hydroxylation is 1. The molecule has 0 radical (unpaired) electrons. The van der Waals surface area contributed by atoms with Crippen LogP contribution in [0.4, 0.5) is 0 Å². The van der Waals surface area contributed by atoms with Crippen LogP contribution >= 0.6 is 11.3 Å². The molecule has 1 amide bonds. The number of aromatic nitrogens is 2. The molecular weight excluding hydrogens is 492 g/mol. The summed E-state index contributed by atoms with van der Waals surface area (Å²) >= 11 is 1.96. The molecule has 1 saturated carbocycles. The third-order valence-electron chi connectivity index (χ3n) is 9.64. The average Bonchev–Trinajstić information content (AvgIpc) is 3.54. The standard InChI is InChI=1S/C30H40N6OS/c1-16(2)23-24-19(5)26(20-6-8-21(9-7-20)36-13-30(14-36)10-11-32-29(30)37)38-28(24)35-25(23)22-12-33-27(34-15-31)18(4)17(22)3/h12,15-16,20-21,35H,6-11,13-14H2,1-5H3,(H,32,37)(H2,31,33,34)/t20-,21-. The summed E-state index contributed by atoms with van der Waals surface area (Å²) in [6, 6.07) is 0.637. The summed E-state index contributed by atoms with van der Waals surface area (Å²) < 4.78 is 0. The highest BCUT2D eigenvalue weighted by molar-refractivity contribution is 7.19. The number of H-pyrrole nitrogens is 2. The van der Waals surface area contributed by atoms with Crippen LogP contribution in [0.25, 0.3) is 21.5 Å². The van der Waals surface area contributed by atoms with Crippen LogP contribution in [-0.2, 0) is 4.79 Å². The molecule has 202 valence electrons. The number of hydrogen-bond donors (Lipinski definition) is 4. The van der Waals surface area contributed by atoms with Crippen LogP contribution in [0, 0.1) is 31.6 Å². The molecule has 1 spiro atoms. The number of likely N-dealkylation sites (tertiary alicyclic amines) is 1. The van der Waals surface area contributed by atoms with Gasteiger partial charge in [0.1, 0.15) is 16.7 Å². The summed E-state index contributed by atoms with van der Waals surface area (Å²) in [5, 5.41) is 11.8. The molecule has 2 saturated heterocycles. The molecule has 2 aliphatic heterocycles. The molecule has 3 aromatic heterocycles. The van der Waals surface area contributed by atoms with Crippen molar-refractivity contribution in [1.29, 1.82) is 5.41 Å². The van der Waals surface area contributed by atoms with Gasteiger partial charge in [0, 0.05) is 47.7 Å². The normalized spacial score (nSPS) is 23.9. The van der Waals surface area contributed by atoms with Crippen molar-refractivity contribution in [2.75, 3.05) is 19.6 Å². The van der Waals surface area contributed by atoms with Crippen LogP contribution in [0.5, 0.6) is 0 Å². The van der Waals surface area contributed by atoms with E-state index in [-0.39, 0.29) is 11.3 Å². The molecule has 3 aromatic rings. The number of nitrogens with zero attached hydrogens (tertiary/aromatic N) is 2. The minimum atomic E-state index is -0.0746. The minimum Gasteiger partial charge on any atom is -0.355 e. The van der Waals surface area contributed by atoms with Gasteiger partial charge in [0.15, 0.2) is 0 Å². The predicted molar refractivity (Wildman–Crippen MR) is 155 cm³/mol. The number of carbonyl (C=O) groups excluding carboxylic acids is 1. The van der Waals surface area contributed by atoms with E-state index in [9.17, 15) is 4.79 Å². The van der Waals surface area contributed by atoms with E-state index in [0.29, 0.717) is 17.9 Å². The number of carbonyl (C=O) groups is 1. The van der Waals surface area contributed by atoms with Gasteiger partial charge in [-0.25, -0.2) is 4.99 Å². The van der Waals surface area contributed by atoms with E-state index in [2.05, 4.69) is 59.8 Å². The number of pyridine rings is 1. The smallest absolute Gasteiger partial charge is 0.228 e. The van der Waals surface area contributed by atoms with E-state index in [1.54, 1.807) is 4.88 Å². The van der Waals surface area contributed by atoms with Gasteiger partial charge in [-0.1, -0.05) is 13.8 Å². The number of amides is 1. The maximum atomic E-state index is 12.3. The summed E-state index contributed by atoms with van der Waals surface area (Å²) in [7, 11) is 0. The molecular formula is C30H40N6OS.